The first kappa shape index (κ1) is 16.5. The molecule has 2 heterocycles. The van der Waals surface area contributed by atoms with E-state index in [0.29, 0.717) is 24.5 Å². The largest absolute Gasteiger partial charge is 0.481 e. The van der Waals surface area contributed by atoms with Gasteiger partial charge in [0.1, 0.15) is 0 Å². The monoisotopic (exact) mass is 352 g/mol. The van der Waals surface area contributed by atoms with Gasteiger partial charge < -0.3 is 15.3 Å². The number of anilines is 1. The molecule has 0 bridgehead atoms. The summed E-state index contributed by atoms with van der Waals surface area (Å²) in [6, 6.07) is 9.29. The van der Waals surface area contributed by atoms with E-state index >= 15 is 0 Å². The molecule has 0 spiro atoms. The molecular formula is C19H20N4O3. The molecule has 7 heteroatoms. The topological polar surface area (TPSA) is 95.4 Å². The van der Waals surface area contributed by atoms with Gasteiger partial charge in [0.05, 0.1) is 23.5 Å². The molecule has 0 radical (unpaired) electrons. The fourth-order valence-electron chi connectivity index (χ4n) is 4.12. The summed E-state index contributed by atoms with van der Waals surface area (Å²) in [5.41, 5.74) is 0.627. The molecule has 4 rings (SSSR count). The normalized spacial score (nSPS) is 24.3. The van der Waals surface area contributed by atoms with Gasteiger partial charge in [-0.25, -0.2) is 14.8 Å². The molecule has 26 heavy (non-hydrogen) atoms. The first-order chi connectivity index (χ1) is 12.6. The van der Waals surface area contributed by atoms with E-state index in [0.717, 1.165) is 18.4 Å². The Balaban J connectivity index is 1.43. The van der Waals surface area contributed by atoms with Crippen LogP contribution in [0.3, 0.4) is 0 Å². The highest BCUT2D eigenvalue weighted by atomic mass is 16.4. The van der Waals surface area contributed by atoms with Gasteiger partial charge in [0.25, 0.3) is 0 Å². The van der Waals surface area contributed by atoms with Gasteiger partial charge in [0.2, 0.25) is 0 Å². The highest BCUT2D eigenvalue weighted by Crippen LogP contribution is 2.48. The average Bonchev–Trinajstić information content (AvgIpc) is 3.22. The molecule has 2 amide bonds. The van der Waals surface area contributed by atoms with Crippen molar-refractivity contribution in [3.05, 3.63) is 42.7 Å². The predicted octanol–water partition coefficient (Wildman–Crippen LogP) is 2.86. The number of nitrogens with one attached hydrogen (secondary N) is 1. The number of rotatable bonds is 3. The first-order valence-electron chi connectivity index (χ1n) is 8.75. The van der Waals surface area contributed by atoms with Crippen LogP contribution in [0.25, 0.3) is 11.4 Å². The lowest BCUT2D eigenvalue weighted by molar-refractivity contribution is -0.149. The summed E-state index contributed by atoms with van der Waals surface area (Å²) in [5.74, 6) is -0.155. The van der Waals surface area contributed by atoms with Gasteiger partial charge in [-0.05, 0) is 18.8 Å². The molecule has 1 saturated heterocycles. The van der Waals surface area contributed by atoms with Crippen molar-refractivity contribution in [1.29, 1.82) is 0 Å². The van der Waals surface area contributed by atoms with E-state index in [2.05, 4.69) is 15.3 Å². The third-order valence-electron chi connectivity index (χ3n) is 5.52. The number of amides is 2. The summed E-state index contributed by atoms with van der Waals surface area (Å²) in [4.78, 5) is 34.4. The maximum absolute atomic E-state index is 12.5. The Hall–Kier alpha value is -2.96. The van der Waals surface area contributed by atoms with E-state index in [-0.39, 0.29) is 18.5 Å². The van der Waals surface area contributed by atoms with Gasteiger partial charge in [-0.1, -0.05) is 36.8 Å². The maximum Gasteiger partial charge on any atom is 0.321 e. The van der Waals surface area contributed by atoms with Crippen molar-refractivity contribution in [3.8, 4) is 11.4 Å². The van der Waals surface area contributed by atoms with Crippen LogP contribution in [-0.2, 0) is 4.79 Å². The van der Waals surface area contributed by atoms with Gasteiger partial charge in [-0.2, -0.15) is 0 Å². The summed E-state index contributed by atoms with van der Waals surface area (Å²) < 4.78 is 0. The molecule has 2 fully saturated rings. The average molecular weight is 352 g/mol. The van der Waals surface area contributed by atoms with Crippen LogP contribution in [0.2, 0.25) is 0 Å². The number of hydrogen-bond acceptors (Lipinski definition) is 4. The number of carbonyl (C=O) groups excluding carboxylic acids is 1. The standard InChI is InChI=1S/C19H20N4O3/c24-17(25)19-8-4-7-14(19)11-23(12-19)18(26)22-15-9-20-16(21-10-15)13-5-2-1-3-6-13/h1-3,5-6,9-10,14H,4,7-8,11-12H2,(H,22,26)(H,24,25)/t14-,19+/m0/s1. The molecule has 7 nitrogen and oxygen atoms in total. The third-order valence-corrected chi connectivity index (χ3v) is 5.52. The number of urea groups is 1. The summed E-state index contributed by atoms with van der Waals surface area (Å²) in [5, 5.41) is 12.4. The number of aromatic nitrogens is 2. The van der Waals surface area contributed by atoms with Crippen LogP contribution in [0.15, 0.2) is 42.7 Å². The lowest BCUT2D eigenvalue weighted by Crippen LogP contribution is -2.38. The molecule has 2 aromatic rings. The number of fused-ring (bicyclic) bond motifs is 1. The molecule has 2 atom stereocenters. The van der Waals surface area contributed by atoms with Gasteiger partial charge in [-0.15, -0.1) is 0 Å². The Morgan fingerprint density at radius 2 is 1.92 bits per heavy atom. The minimum absolute atomic E-state index is 0.0439. The third kappa shape index (κ3) is 2.79. The van der Waals surface area contributed by atoms with E-state index in [9.17, 15) is 14.7 Å². The summed E-state index contributed by atoms with van der Waals surface area (Å²) in [6.07, 6.45) is 5.56. The number of hydrogen-bond donors (Lipinski definition) is 2. The maximum atomic E-state index is 12.5. The minimum atomic E-state index is -0.786. The number of benzene rings is 1. The number of aliphatic carboxylic acids is 1. The molecule has 1 aromatic carbocycles. The number of carboxylic acid groups (broad SMARTS) is 1. The Kier molecular flexibility index (Phi) is 4.06. The van der Waals surface area contributed by atoms with Crippen LogP contribution in [0.5, 0.6) is 0 Å². The van der Waals surface area contributed by atoms with E-state index < -0.39 is 11.4 Å². The summed E-state index contributed by atoms with van der Waals surface area (Å²) >= 11 is 0. The van der Waals surface area contributed by atoms with Crippen LogP contribution < -0.4 is 5.32 Å². The van der Waals surface area contributed by atoms with Crippen LogP contribution in [0.4, 0.5) is 10.5 Å². The van der Waals surface area contributed by atoms with Gasteiger partial charge in [0, 0.05) is 18.7 Å². The van der Waals surface area contributed by atoms with Gasteiger partial charge in [-0.3, -0.25) is 4.79 Å². The molecule has 0 unspecified atom stereocenters. The quantitative estimate of drug-likeness (QED) is 0.885. The Morgan fingerprint density at radius 3 is 2.58 bits per heavy atom. The lowest BCUT2D eigenvalue weighted by atomic mass is 9.81. The number of carbonyl (C=O) groups is 2. The second-order valence-electron chi connectivity index (χ2n) is 7.02. The molecule has 2 aliphatic rings. The van der Waals surface area contributed by atoms with Crippen molar-refractivity contribution in [3.63, 3.8) is 0 Å². The van der Waals surface area contributed by atoms with Crippen LogP contribution >= 0.6 is 0 Å². The highest BCUT2D eigenvalue weighted by Gasteiger charge is 2.55. The van der Waals surface area contributed by atoms with Crippen LogP contribution in [0, 0.1) is 11.3 Å². The fourth-order valence-corrected chi connectivity index (χ4v) is 4.12. The SMILES string of the molecule is O=C(Nc1cnc(-c2ccccc2)nc1)N1C[C@@H]2CCC[C@@]2(C(=O)O)C1. The minimum Gasteiger partial charge on any atom is -0.481 e. The molecule has 134 valence electrons. The first-order valence-corrected chi connectivity index (χ1v) is 8.75. The van der Waals surface area contributed by atoms with Crippen molar-refractivity contribution in [1.82, 2.24) is 14.9 Å². The van der Waals surface area contributed by atoms with E-state index in [1.807, 2.05) is 30.3 Å². The Labute approximate surface area is 151 Å². The van der Waals surface area contributed by atoms with Crippen molar-refractivity contribution >= 4 is 17.7 Å². The van der Waals surface area contributed by atoms with Crippen molar-refractivity contribution < 1.29 is 14.7 Å². The van der Waals surface area contributed by atoms with Crippen LogP contribution in [-0.4, -0.2) is 45.1 Å². The number of nitrogens with zero attached hydrogens (tertiary/aromatic N) is 3. The zero-order valence-corrected chi connectivity index (χ0v) is 14.3. The number of carboxylic acids is 1. The lowest BCUT2D eigenvalue weighted by Gasteiger charge is -2.23. The van der Waals surface area contributed by atoms with Crippen LogP contribution in [0.1, 0.15) is 19.3 Å². The molecule has 1 aliphatic carbocycles. The second kappa shape index (κ2) is 6.40. The second-order valence-corrected chi connectivity index (χ2v) is 7.02. The van der Waals surface area contributed by atoms with E-state index in [4.69, 9.17) is 0 Å². The van der Waals surface area contributed by atoms with Gasteiger partial charge in [0.15, 0.2) is 5.82 Å². The predicted molar refractivity (Wildman–Crippen MR) is 95.5 cm³/mol. The molecular weight excluding hydrogens is 332 g/mol. The van der Waals surface area contributed by atoms with Gasteiger partial charge >= 0.3 is 12.0 Å². The molecule has 1 saturated carbocycles. The van der Waals surface area contributed by atoms with Crippen molar-refractivity contribution in [2.24, 2.45) is 11.3 Å². The zero-order valence-electron chi connectivity index (χ0n) is 14.3. The summed E-state index contributed by atoms with van der Waals surface area (Å²) in [6.45, 7) is 0.753. The molecule has 1 aromatic heterocycles. The van der Waals surface area contributed by atoms with Crippen molar-refractivity contribution in [2.75, 3.05) is 18.4 Å². The van der Waals surface area contributed by atoms with E-state index in [1.54, 1.807) is 17.3 Å². The Morgan fingerprint density at radius 1 is 1.19 bits per heavy atom. The molecule has 2 N–H and O–H groups in total. The highest BCUT2D eigenvalue weighted by molar-refractivity contribution is 5.90. The summed E-state index contributed by atoms with van der Waals surface area (Å²) in [7, 11) is 0. The van der Waals surface area contributed by atoms with E-state index in [1.165, 1.54) is 0 Å². The molecule has 1 aliphatic heterocycles. The number of likely N-dealkylation sites (tertiary alicyclic amines) is 1. The van der Waals surface area contributed by atoms with Crippen molar-refractivity contribution in [2.45, 2.75) is 19.3 Å². The smallest absolute Gasteiger partial charge is 0.321 e. The Bertz CT molecular complexity index is 824. The fraction of sp³-hybridized carbons (Fsp3) is 0.368. The zero-order chi connectivity index (χ0) is 18.1.